The van der Waals surface area contributed by atoms with Crippen molar-refractivity contribution in [3.05, 3.63) is 27.8 Å². The van der Waals surface area contributed by atoms with Crippen LogP contribution < -0.4 is 5.43 Å². The molecule has 0 fully saturated rings. The third kappa shape index (κ3) is 4.80. The van der Waals surface area contributed by atoms with E-state index in [-0.39, 0.29) is 0 Å². The predicted octanol–water partition coefficient (Wildman–Crippen LogP) is 2.82. The number of rotatable bonds is 4. The van der Waals surface area contributed by atoms with Gasteiger partial charge in [0.1, 0.15) is 0 Å². The summed E-state index contributed by atoms with van der Waals surface area (Å²) in [7, 11) is 0. The van der Waals surface area contributed by atoms with Gasteiger partial charge < -0.3 is 4.74 Å². The standard InChI is InChI=1S/C10H10ClIN2O2/c1-7(15)16-10(11)6-13-14-9-5-3-2-4-8(9)12/h2-6,10,14H,1H3. The highest BCUT2D eigenvalue weighted by Crippen LogP contribution is 2.16. The van der Waals surface area contributed by atoms with Crippen LogP contribution in [0.2, 0.25) is 0 Å². The molecule has 86 valence electrons. The van der Waals surface area contributed by atoms with Gasteiger partial charge in [0.2, 0.25) is 5.56 Å². The Kier molecular flexibility index (Phi) is 5.54. The molecular weight excluding hydrogens is 342 g/mol. The fourth-order valence-corrected chi connectivity index (χ4v) is 1.60. The maximum absolute atomic E-state index is 10.6. The van der Waals surface area contributed by atoms with Crippen molar-refractivity contribution in [2.24, 2.45) is 5.10 Å². The molecule has 1 rings (SSSR count). The Morgan fingerprint density at radius 2 is 2.31 bits per heavy atom. The number of carbonyl (C=O) groups excluding carboxylic acids is 1. The van der Waals surface area contributed by atoms with E-state index in [0.29, 0.717) is 0 Å². The summed E-state index contributed by atoms with van der Waals surface area (Å²) >= 11 is 7.83. The fraction of sp³-hybridized carbons (Fsp3) is 0.200. The second kappa shape index (κ2) is 6.70. The number of alkyl halides is 1. The van der Waals surface area contributed by atoms with E-state index in [1.807, 2.05) is 24.3 Å². The first-order chi connectivity index (χ1) is 7.59. The molecular formula is C10H10ClIN2O2. The van der Waals surface area contributed by atoms with Gasteiger partial charge in [0.15, 0.2) is 0 Å². The van der Waals surface area contributed by atoms with Crippen LogP contribution in [0.15, 0.2) is 29.4 Å². The monoisotopic (exact) mass is 352 g/mol. The van der Waals surface area contributed by atoms with Crippen LogP contribution in [-0.4, -0.2) is 17.7 Å². The molecule has 0 aliphatic rings. The first kappa shape index (κ1) is 13.2. The quantitative estimate of drug-likeness (QED) is 0.298. The van der Waals surface area contributed by atoms with Gasteiger partial charge in [0, 0.05) is 10.5 Å². The van der Waals surface area contributed by atoms with Gasteiger partial charge in [-0.2, -0.15) is 5.10 Å². The van der Waals surface area contributed by atoms with Crippen molar-refractivity contribution < 1.29 is 9.53 Å². The van der Waals surface area contributed by atoms with Crippen molar-refractivity contribution in [2.45, 2.75) is 12.5 Å². The minimum Gasteiger partial charge on any atom is -0.440 e. The Hall–Kier alpha value is -0.820. The van der Waals surface area contributed by atoms with Gasteiger partial charge in [-0.05, 0) is 34.7 Å². The van der Waals surface area contributed by atoms with E-state index >= 15 is 0 Å². The van der Waals surface area contributed by atoms with Crippen LogP contribution in [0.5, 0.6) is 0 Å². The number of esters is 1. The molecule has 0 saturated heterocycles. The smallest absolute Gasteiger partial charge is 0.304 e. The molecule has 0 saturated carbocycles. The van der Waals surface area contributed by atoms with Crippen LogP contribution in [0.25, 0.3) is 0 Å². The molecule has 0 spiro atoms. The van der Waals surface area contributed by atoms with E-state index in [1.165, 1.54) is 13.1 Å². The molecule has 0 aromatic heterocycles. The van der Waals surface area contributed by atoms with Crippen molar-refractivity contribution in [3.63, 3.8) is 0 Å². The van der Waals surface area contributed by atoms with E-state index in [9.17, 15) is 4.79 Å². The third-order valence-corrected chi connectivity index (χ3v) is 2.67. The average molecular weight is 353 g/mol. The van der Waals surface area contributed by atoms with Gasteiger partial charge in [-0.15, -0.1) is 0 Å². The van der Waals surface area contributed by atoms with Crippen molar-refractivity contribution >= 4 is 52.1 Å². The van der Waals surface area contributed by atoms with Crippen LogP contribution in [0.4, 0.5) is 5.69 Å². The Morgan fingerprint density at radius 3 is 2.94 bits per heavy atom. The Balaban J connectivity index is 2.48. The van der Waals surface area contributed by atoms with Crippen LogP contribution >= 0.6 is 34.2 Å². The first-order valence-electron chi connectivity index (χ1n) is 4.44. The minimum absolute atomic E-state index is 0.444. The van der Waals surface area contributed by atoms with Gasteiger partial charge in [0.25, 0.3) is 0 Å². The molecule has 0 aliphatic carbocycles. The van der Waals surface area contributed by atoms with Crippen molar-refractivity contribution in [3.8, 4) is 0 Å². The largest absolute Gasteiger partial charge is 0.440 e. The number of anilines is 1. The summed E-state index contributed by atoms with van der Waals surface area (Å²) < 4.78 is 5.69. The maximum Gasteiger partial charge on any atom is 0.304 e. The normalized spacial score (nSPS) is 12.4. The number of hydrogen-bond donors (Lipinski definition) is 1. The van der Waals surface area contributed by atoms with Crippen molar-refractivity contribution in [1.82, 2.24) is 0 Å². The second-order valence-electron chi connectivity index (χ2n) is 2.83. The molecule has 4 nitrogen and oxygen atoms in total. The lowest BCUT2D eigenvalue weighted by molar-refractivity contribution is -0.140. The van der Waals surface area contributed by atoms with Gasteiger partial charge in [-0.25, -0.2) is 0 Å². The molecule has 16 heavy (non-hydrogen) atoms. The van der Waals surface area contributed by atoms with Crippen molar-refractivity contribution in [2.75, 3.05) is 5.43 Å². The number of hydrazone groups is 1. The zero-order valence-corrected chi connectivity index (χ0v) is 11.4. The summed E-state index contributed by atoms with van der Waals surface area (Å²) in [5.74, 6) is -0.444. The summed E-state index contributed by atoms with van der Waals surface area (Å²) in [5, 5.41) is 3.87. The number of ether oxygens (including phenoxy) is 1. The minimum atomic E-state index is -0.855. The number of nitrogens with zero attached hydrogens (tertiary/aromatic N) is 1. The van der Waals surface area contributed by atoms with Gasteiger partial charge in [-0.3, -0.25) is 10.2 Å². The van der Waals surface area contributed by atoms with Crippen molar-refractivity contribution in [1.29, 1.82) is 0 Å². The molecule has 1 N–H and O–H groups in total. The second-order valence-corrected chi connectivity index (χ2v) is 4.42. The van der Waals surface area contributed by atoms with Crippen LogP contribution in [0.1, 0.15) is 6.92 Å². The number of carbonyl (C=O) groups is 1. The van der Waals surface area contributed by atoms with Crippen LogP contribution in [-0.2, 0) is 9.53 Å². The summed E-state index contributed by atoms with van der Waals surface area (Å²) in [5.41, 5.74) is 2.81. The molecule has 6 heteroatoms. The maximum atomic E-state index is 10.6. The highest BCUT2D eigenvalue weighted by molar-refractivity contribution is 14.1. The van der Waals surface area contributed by atoms with E-state index in [2.05, 4.69) is 37.9 Å². The molecule has 0 radical (unpaired) electrons. The molecule has 1 aromatic carbocycles. The van der Waals surface area contributed by atoms with Gasteiger partial charge >= 0.3 is 5.97 Å². The molecule has 1 atom stereocenters. The fourth-order valence-electron chi connectivity index (χ4n) is 0.906. The van der Waals surface area contributed by atoms with E-state index in [0.717, 1.165) is 9.26 Å². The highest BCUT2D eigenvalue weighted by atomic mass is 127. The Bertz CT molecular complexity index is 398. The zero-order valence-electron chi connectivity index (χ0n) is 8.48. The lowest BCUT2D eigenvalue weighted by atomic mass is 10.3. The third-order valence-electron chi connectivity index (χ3n) is 1.53. The number of nitrogens with one attached hydrogen (secondary N) is 1. The molecule has 1 aromatic rings. The Morgan fingerprint density at radius 1 is 1.62 bits per heavy atom. The summed E-state index contributed by atoms with van der Waals surface area (Å²) in [6.07, 6.45) is 1.31. The molecule has 0 amide bonds. The lowest BCUT2D eigenvalue weighted by Gasteiger charge is -2.05. The summed E-state index contributed by atoms with van der Waals surface area (Å²) in [6.45, 7) is 1.29. The van der Waals surface area contributed by atoms with Crippen LogP contribution in [0, 0.1) is 3.57 Å². The SMILES string of the molecule is CC(=O)OC(Cl)C=NNc1ccccc1I. The summed E-state index contributed by atoms with van der Waals surface area (Å²) in [4.78, 5) is 10.6. The molecule has 0 heterocycles. The number of para-hydroxylation sites is 1. The van der Waals surface area contributed by atoms with Gasteiger partial charge in [-0.1, -0.05) is 23.7 Å². The topological polar surface area (TPSA) is 50.7 Å². The average Bonchev–Trinajstić information content (AvgIpc) is 2.19. The van der Waals surface area contributed by atoms with E-state index in [1.54, 1.807) is 0 Å². The number of hydrogen-bond acceptors (Lipinski definition) is 4. The highest BCUT2D eigenvalue weighted by Gasteiger charge is 2.03. The number of benzene rings is 1. The van der Waals surface area contributed by atoms with E-state index in [4.69, 9.17) is 11.6 Å². The molecule has 0 bridgehead atoms. The van der Waals surface area contributed by atoms with E-state index < -0.39 is 11.5 Å². The lowest BCUT2D eigenvalue weighted by Crippen LogP contribution is -2.11. The summed E-state index contributed by atoms with van der Waals surface area (Å²) in [6, 6.07) is 7.65. The number of halogens is 2. The van der Waals surface area contributed by atoms with Crippen LogP contribution in [0.3, 0.4) is 0 Å². The van der Waals surface area contributed by atoms with Gasteiger partial charge in [0.05, 0.1) is 11.9 Å². The first-order valence-corrected chi connectivity index (χ1v) is 5.96. The molecule has 1 unspecified atom stereocenters. The zero-order chi connectivity index (χ0) is 12.0. The predicted molar refractivity (Wildman–Crippen MR) is 72.7 cm³/mol. The molecule has 0 aliphatic heterocycles. The Labute approximate surface area is 112 Å².